The van der Waals surface area contributed by atoms with Crippen LogP contribution in [0, 0.1) is 0 Å². The zero-order valence-electron chi connectivity index (χ0n) is 9.52. The predicted octanol–water partition coefficient (Wildman–Crippen LogP) is 3.57. The van der Waals surface area contributed by atoms with Gasteiger partial charge in [0.05, 0.1) is 16.9 Å². The van der Waals surface area contributed by atoms with Gasteiger partial charge in [-0.3, -0.25) is 4.79 Å². The van der Waals surface area contributed by atoms with E-state index < -0.39 is 5.56 Å². The molecule has 2 aromatic rings. The normalized spacial score (nSPS) is 9.41. The Labute approximate surface area is 110 Å². The average molecular weight is 271 g/mol. The molecule has 0 unspecified atom stereocenters. The molecule has 0 bridgehead atoms. The molecule has 0 spiro atoms. The van der Waals surface area contributed by atoms with Crippen molar-refractivity contribution in [2.24, 2.45) is 0 Å². The molecule has 0 saturated heterocycles. The van der Waals surface area contributed by atoms with Crippen molar-refractivity contribution in [2.45, 2.75) is 13.8 Å². The summed E-state index contributed by atoms with van der Waals surface area (Å²) in [5, 5.41) is 4.04. The van der Waals surface area contributed by atoms with Gasteiger partial charge in [-0.1, -0.05) is 55.2 Å². The summed E-state index contributed by atoms with van der Waals surface area (Å²) in [5.41, 5.74) is 0.233. The number of para-hydroxylation sites is 1. The Kier molecular flexibility index (Phi) is 5.19. The Morgan fingerprint density at radius 1 is 1.12 bits per heavy atom. The highest BCUT2D eigenvalue weighted by molar-refractivity contribution is 6.41. The fourth-order valence-electron chi connectivity index (χ4n) is 1.17. The lowest BCUT2D eigenvalue weighted by atomic mass is 10.3. The third kappa shape index (κ3) is 3.08. The Hall–Kier alpha value is -1.32. The first-order chi connectivity index (χ1) is 8.20. The molecule has 3 nitrogen and oxygen atoms in total. The van der Waals surface area contributed by atoms with Gasteiger partial charge in [0.2, 0.25) is 0 Å². The van der Waals surface area contributed by atoms with Crippen molar-refractivity contribution in [1.29, 1.82) is 0 Å². The Bertz CT molecular complexity index is 538. The number of rotatable bonds is 1. The largest absolute Gasteiger partial charge is 0.291 e. The first-order valence-electron chi connectivity index (χ1n) is 5.19. The second-order valence-electron chi connectivity index (χ2n) is 2.86. The van der Waals surface area contributed by atoms with E-state index in [-0.39, 0.29) is 10.0 Å². The first kappa shape index (κ1) is 13.7. The molecular formula is C12H12Cl2N2O. The van der Waals surface area contributed by atoms with E-state index in [9.17, 15) is 4.79 Å². The van der Waals surface area contributed by atoms with E-state index >= 15 is 0 Å². The molecule has 17 heavy (non-hydrogen) atoms. The molecule has 5 heteroatoms. The molecule has 0 aliphatic carbocycles. The van der Waals surface area contributed by atoms with E-state index in [2.05, 4.69) is 5.10 Å². The molecule has 0 atom stereocenters. The Balaban J connectivity index is 0.000000686. The fraction of sp³-hybridized carbons (Fsp3) is 0.167. The zero-order chi connectivity index (χ0) is 12.8. The van der Waals surface area contributed by atoms with Crippen molar-refractivity contribution < 1.29 is 0 Å². The molecular weight excluding hydrogens is 259 g/mol. The number of hydrogen-bond donors (Lipinski definition) is 0. The van der Waals surface area contributed by atoms with Gasteiger partial charge in [-0.2, -0.15) is 9.78 Å². The van der Waals surface area contributed by atoms with Crippen LogP contribution in [0.25, 0.3) is 5.69 Å². The number of aromatic nitrogens is 2. The standard InChI is InChI=1S/C10H6Cl2N2O.C2H6/c11-8-6-13-14(10(15)9(8)12)7-4-2-1-3-5-7;1-2/h1-6H;1-2H3. The summed E-state index contributed by atoms with van der Waals surface area (Å²) in [5.74, 6) is 0. The van der Waals surface area contributed by atoms with E-state index in [0.717, 1.165) is 0 Å². The van der Waals surface area contributed by atoms with Crippen molar-refractivity contribution in [1.82, 2.24) is 9.78 Å². The Morgan fingerprint density at radius 2 is 1.71 bits per heavy atom. The maximum absolute atomic E-state index is 11.7. The summed E-state index contributed by atoms with van der Waals surface area (Å²) < 4.78 is 1.20. The van der Waals surface area contributed by atoms with E-state index in [1.165, 1.54) is 10.9 Å². The van der Waals surface area contributed by atoms with Crippen LogP contribution in [0.4, 0.5) is 0 Å². The molecule has 0 amide bonds. The lowest BCUT2D eigenvalue weighted by molar-refractivity contribution is 0.807. The number of halogens is 2. The van der Waals surface area contributed by atoms with E-state index in [4.69, 9.17) is 23.2 Å². The Morgan fingerprint density at radius 3 is 2.29 bits per heavy atom. The first-order valence-corrected chi connectivity index (χ1v) is 5.94. The van der Waals surface area contributed by atoms with E-state index in [0.29, 0.717) is 5.69 Å². The van der Waals surface area contributed by atoms with Gasteiger partial charge in [0.1, 0.15) is 5.02 Å². The number of hydrogen-bond acceptors (Lipinski definition) is 2. The van der Waals surface area contributed by atoms with Crippen LogP contribution >= 0.6 is 23.2 Å². The molecule has 2 rings (SSSR count). The number of benzene rings is 1. The minimum Gasteiger partial charge on any atom is -0.266 e. The number of nitrogens with zero attached hydrogens (tertiary/aromatic N) is 2. The molecule has 1 heterocycles. The summed E-state index contributed by atoms with van der Waals surface area (Å²) in [6.45, 7) is 4.00. The summed E-state index contributed by atoms with van der Waals surface area (Å²) in [7, 11) is 0. The lowest BCUT2D eigenvalue weighted by Gasteiger charge is -2.04. The van der Waals surface area contributed by atoms with Gasteiger partial charge in [0.25, 0.3) is 5.56 Å². The van der Waals surface area contributed by atoms with Crippen LogP contribution in [-0.2, 0) is 0 Å². The SMILES string of the molecule is CC.O=c1c(Cl)c(Cl)cnn1-c1ccccc1. The molecule has 1 aromatic heterocycles. The quantitative estimate of drug-likeness (QED) is 0.794. The molecule has 1 aromatic carbocycles. The molecule has 90 valence electrons. The van der Waals surface area contributed by atoms with Crippen LogP contribution in [0.15, 0.2) is 41.3 Å². The van der Waals surface area contributed by atoms with Gasteiger partial charge in [-0.25, -0.2) is 0 Å². The molecule has 0 N–H and O–H groups in total. The molecule has 0 saturated carbocycles. The maximum atomic E-state index is 11.7. The maximum Gasteiger partial charge on any atom is 0.291 e. The van der Waals surface area contributed by atoms with E-state index in [1.54, 1.807) is 12.1 Å². The van der Waals surface area contributed by atoms with Gasteiger partial charge < -0.3 is 0 Å². The minimum atomic E-state index is -0.421. The fourth-order valence-corrected chi connectivity index (χ4v) is 1.42. The van der Waals surface area contributed by atoms with Gasteiger partial charge in [-0.15, -0.1) is 0 Å². The van der Waals surface area contributed by atoms with Crippen LogP contribution in [0.5, 0.6) is 0 Å². The summed E-state index contributed by atoms with van der Waals surface area (Å²) in [6.07, 6.45) is 1.35. The van der Waals surface area contributed by atoms with Crippen molar-refractivity contribution in [2.75, 3.05) is 0 Å². The summed E-state index contributed by atoms with van der Waals surface area (Å²) in [6, 6.07) is 9.00. The third-order valence-electron chi connectivity index (χ3n) is 1.88. The monoisotopic (exact) mass is 270 g/mol. The molecule has 0 aliphatic rings. The van der Waals surface area contributed by atoms with Crippen molar-refractivity contribution in [3.05, 3.63) is 56.9 Å². The van der Waals surface area contributed by atoms with Crippen molar-refractivity contribution in [3.63, 3.8) is 0 Å². The average Bonchev–Trinajstić information content (AvgIpc) is 2.40. The minimum absolute atomic E-state index is 0.0180. The van der Waals surface area contributed by atoms with Crippen LogP contribution in [-0.4, -0.2) is 9.78 Å². The van der Waals surface area contributed by atoms with Crippen LogP contribution in [0.1, 0.15) is 13.8 Å². The summed E-state index contributed by atoms with van der Waals surface area (Å²) >= 11 is 11.4. The lowest BCUT2D eigenvalue weighted by Crippen LogP contribution is -2.21. The van der Waals surface area contributed by atoms with Gasteiger partial charge in [-0.05, 0) is 12.1 Å². The second-order valence-corrected chi connectivity index (χ2v) is 3.64. The van der Waals surface area contributed by atoms with Crippen molar-refractivity contribution in [3.8, 4) is 5.69 Å². The van der Waals surface area contributed by atoms with Gasteiger partial charge in [0.15, 0.2) is 0 Å². The highest BCUT2D eigenvalue weighted by Gasteiger charge is 2.07. The van der Waals surface area contributed by atoms with Crippen molar-refractivity contribution >= 4 is 23.2 Å². The molecule has 0 aliphatic heterocycles. The van der Waals surface area contributed by atoms with E-state index in [1.807, 2.05) is 32.0 Å². The molecule has 0 radical (unpaired) electrons. The summed E-state index contributed by atoms with van der Waals surface area (Å²) in [4.78, 5) is 11.7. The predicted molar refractivity (Wildman–Crippen MR) is 71.2 cm³/mol. The second kappa shape index (κ2) is 6.42. The zero-order valence-corrected chi connectivity index (χ0v) is 11.0. The third-order valence-corrected chi connectivity index (χ3v) is 2.63. The smallest absolute Gasteiger partial charge is 0.266 e. The van der Waals surface area contributed by atoms with Gasteiger partial charge in [0, 0.05) is 0 Å². The highest BCUT2D eigenvalue weighted by Crippen LogP contribution is 2.15. The topological polar surface area (TPSA) is 34.9 Å². The molecule has 0 fully saturated rings. The van der Waals surface area contributed by atoms with Crippen LogP contribution in [0.2, 0.25) is 10.0 Å². The van der Waals surface area contributed by atoms with Crippen LogP contribution in [0.3, 0.4) is 0 Å². The highest BCUT2D eigenvalue weighted by atomic mass is 35.5. The van der Waals surface area contributed by atoms with Gasteiger partial charge >= 0.3 is 0 Å². The van der Waals surface area contributed by atoms with Crippen LogP contribution < -0.4 is 5.56 Å².